The Kier molecular flexibility index (Phi) is 6.19. The van der Waals surface area contributed by atoms with E-state index in [-0.39, 0.29) is 18.3 Å². The third kappa shape index (κ3) is 4.41. The summed E-state index contributed by atoms with van der Waals surface area (Å²) in [6.45, 7) is 1.47. The molecule has 0 N–H and O–H groups in total. The van der Waals surface area contributed by atoms with Crippen LogP contribution in [0, 0.1) is 11.7 Å². The highest BCUT2D eigenvalue weighted by atomic mass is 35.5. The predicted molar refractivity (Wildman–Crippen MR) is 129 cm³/mol. The first kappa shape index (κ1) is 22.4. The van der Waals surface area contributed by atoms with E-state index in [9.17, 15) is 14.0 Å². The molecule has 3 aromatic rings. The van der Waals surface area contributed by atoms with Gasteiger partial charge in [0.2, 0.25) is 0 Å². The summed E-state index contributed by atoms with van der Waals surface area (Å²) in [6.07, 6.45) is 7.17. The lowest BCUT2D eigenvalue weighted by atomic mass is 9.94. The van der Waals surface area contributed by atoms with Gasteiger partial charge in [-0.05, 0) is 73.4 Å². The molecule has 1 aliphatic heterocycles. The van der Waals surface area contributed by atoms with Gasteiger partial charge in [-0.2, -0.15) is 0 Å². The first-order valence-electron chi connectivity index (χ1n) is 11.4. The van der Waals surface area contributed by atoms with E-state index in [0.29, 0.717) is 58.0 Å². The summed E-state index contributed by atoms with van der Waals surface area (Å²) >= 11 is 13.2. The van der Waals surface area contributed by atoms with Crippen molar-refractivity contribution in [1.82, 2.24) is 9.47 Å². The van der Waals surface area contributed by atoms with Crippen molar-refractivity contribution in [3.8, 4) is 0 Å². The molecule has 0 unspecified atom stereocenters. The number of rotatable bonds is 6. The predicted octanol–water partition coefficient (Wildman–Crippen LogP) is 6.45. The van der Waals surface area contributed by atoms with Crippen molar-refractivity contribution in [2.45, 2.75) is 44.6 Å². The molecule has 1 aliphatic carbocycles. The molecular formula is C26H25Cl2FN2O2. The van der Waals surface area contributed by atoms with E-state index in [4.69, 9.17) is 23.2 Å². The first-order chi connectivity index (χ1) is 16.0. The van der Waals surface area contributed by atoms with Gasteiger partial charge in [0.1, 0.15) is 12.1 Å². The number of piperidine rings is 1. The minimum absolute atomic E-state index is 0.139. The van der Waals surface area contributed by atoms with Gasteiger partial charge in [-0.3, -0.25) is 4.79 Å². The van der Waals surface area contributed by atoms with Gasteiger partial charge in [-0.15, -0.1) is 0 Å². The van der Waals surface area contributed by atoms with E-state index in [1.807, 2.05) is 12.3 Å². The Morgan fingerprint density at radius 1 is 1.09 bits per heavy atom. The molecule has 2 aliphatic rings. The zero-order chi connectivity index (χ0) is 23.1. The average molecular weight is 487 g/mol. The molecule has 33 heavy (non-hydrogen) atoms. The Morgan fingerprint density at radius 2 is 1.85 bits per heavy atom. The van der Waals surface area contributed by atoms with Gasteiger partial charge in [0.15, 0.2) is 0 Å². The van der Waals surface area contributed by atoms with E-state index < -0.39 is 0 Å². The molecule has 7 heteroatoms. The fourth-order valence-electron chi connectivity index (χ4n) is 4.86. The lowest BCUT2D eigenvalue weighted by Crippen LogP contribution is -2.38. The van der Waals surface area contributed by atoms with Crippen LogP contribution in [0.1, 0.15) is 59.5 Å². The number of hydrogen-bond donors (Lipinski definition) is 0. The summed E-state index contributed by atoms with van der Waals surface area (Å²) in [7, 11) is 0. The van der Waals surface area contributed by atoms with E-state index in [0.717, 1.165) is 42.9 Å². The van der Waals surface area contributed by atoms with Crippen LogP contribution in [-0.2, 0) is 11.3 Å². The minimum atomic E-state index is -0.253. The molecule has 2 heterocycles. The van der Waals surface area contributed by atoms with Crippen LogP contribution < -0.4 is 0 Å². The maximum atomic E-state index is 15.0. The Morgan fingerprint density at radius 3 is 2.55 bits per heavy atom. The highest BCUT2D eigenvalue weighted by molar-refractivity contribution is 6.38. The van der Waals surface area contributed by atoms with E-state index in [1.165, 1.54) is 0 Å². The number of amides is 1. The maximum Gasteiger partial charge on any atom is 0.255 e. The number of nitrogens with zero attached hydrogens (tertiary/aromatic N) is 2. The molecule has 1 saturated heterocycles. The molecule has 0 atom stereocenters. The van der Waals surface area contributed by atoms with Crippen LogP contribution in [0.2, 0.25) is 10.0 Å². The molecule has 0 spiro atoms. The summed E-state index contributed by atoms with van der Waals surface area (Å²) in [5.41, 5.74) is 2.57. The maximum absolute atomic E-state index is 15.0. The molecular weight excluding hydrogens is 462 g/mol. The molecule has 1 amide bonds. The fraction of sp³-hybridized carbons (Fsp3) is 0.385. The number of benzene rings is 2. The molecule has 2 aromatic carbocycles. The Labute approximate surface area is 202 Å². The first-order valence-corrected chi connectivity index (χ1v) is 12.2. The molecule has 0 bridgehead atoms. The Bertz CT molecular complexity index is 1230. The number of carbonyl (C=O) groups is 2. The van der Waals surface area contributed by atoms with Crippen LogP contribution in [0.25, 0.3) is 10.9 Å². The van der Waals surface area contributed by atoms with Gasteiger partial charge in [-0.25, -0.2) is 4.39 Å². The van der Waals surface area contributed by atoms with Crippen molar-refractivity contribution < 1.29 is 14.0 Å². The smallest absolute Gasteiger partial charge is 0.255 e. The summed E-state index contributed by atoms with van der Waals surface area (Å²) in [5.74, 6) is 0.416. The van der Waals surface area contributed by atoms with Crippen molar-refractivity contribution in [3.05, 3.63) is 69.1 Å². The van der Waals surface area contributed by atoms with Crippen LogP contribution in [0.3, 0.4) is 0 Å². The second-order valence-electron chi connectivity index (χ2n) is 9.18. The standard InChI is InChI=1S/C26H25Cl2FN2O2/c27-22-4-3-20(26(33)30-9-5-16(6-10-30)8-12-32)24(28)21(22)15-31-11-7-18-13-19(17-1-2-17)14-23(29)25(18)31/h3-4,7,11-14,16-17H,1-2,5-6,8-10,15H2. The highest BCUT2D eigenvalue weighted by Gasteiger charge is 2.27. The lowest BCUT2D eigenvalue weighted by Gasteiger charge is -2.31. The molecule has 1 saturated carbocycles. The van der Waals surface area contributed by atoms with Crippen LogP contribution >= 0.6 is 23.2 Å². The topological polar surface area (TPSA) is 42.3 Å². The number of carbonyl (C=O) groups excluding carboxylic acids is 2. The minimum Gasteiger partial charge on any atom is -0.341 e. The second kappa shape index (κ2) is 9.11. The lowest BCUT2D eigenvalue weighted by molar-refractivity contribution is -0.108. The van der Waals surface area contributed by atoms with Crippen LogP contribution in [0.15, 0.2) is 36.5 Å². The number of hydrogen-bond acceptors (Lipinski definition) is 2. The van der Waals surface area contributed by atoms with Gasteiger partial charge in [0, 0.05) is 41.7 Å². The number of likely N-dealkylation sites (tertiary alicyclic amines) is 1. The Balaban J connectivity index is 1.41. The number of halogens is 3. The quantitative estimate of drug-likeness (QED) is 0.375. The monoisotopic (exact) mass is 486 g/mol. The fourth-order valence-corrected chi connectivity index (χ4v) is 5.43. The van der Waals surface area contributed by atoms with Crippen LogP contribution in [0.5, 0.6) is 0 Å². The summed E-state index contributed by atoms with van der Waals surface area (Å²) < 4.78 is 16.8. The number of aromatic nitrogens is 1. The molecule has 4 nitrogen and oxygen atoms in total. The van der Waals surface area contributed by atoms with Gasteiger partial charge in [-0.1, -0.05) is 23.2 Å². The third-order valence-corrected chi connectivity index (χ3v) is 7.75. The summed E-state index contributed by atoms with van der Waals surface area (Å²) in [5, 5.41) is 1.60. The number of aldehydes is 1. The van der Waals surface area contributed by atoms with Crippen LogP contribution in [0.4, 0.5) is 4.39 Å². The molecule has 1 aromatic heterocycles. The van der Waals surface area contributed by atoms with Crippen LogP contribution in [-0.4, -0.2) is 34.7 Å². The molecule has 172 valence electrons. The van der Waals surface area contributed by atoms with Gasteiger partial charge in [0.05, 0.1) is 22.6 Å². The largest absolute Gasteiger partial charge is 0.341 e. The van der Waals surface area contributed by atoms with Gasteiger partial charge in [0.25, 0.3) is 5.91 Å². The normalized spacial score (nSPS) is 17.0. The van der Waals surface area contributed by atoms with Crippen molar-refractivity contribution in [3.63, 3.8) is 0 Å². The van der Waals surface area contributed by atoms with Crippen molar-refractivity contribution in [1.29, 1.82) is 0 Å². The summed E-state index contributed by atoms with van der Waals surface area (Å²) in [4.78, 5) is 25.7. The van der Waals surface area contributed by atoms with Crippen molar-refractivity contribution in [2.24, 2.45) is 5.92 Å². The third-order valence-electron chi connectivity index (χ3n) is 6.96. The Hall–Kier alpha value is -2.37. The van der Waals surface area contributed by atoms with E-state index >= 15 is 0 Å². The zero-order valence-corrected chi connectivity index (χ0v) is 19.7. The zero-order valence-electron chi connectivity index (χ0n) is 18.2. The van der Waals surface area contributed by atoms with E-state index in [2.05, 4.69) is 6.07 Å². The van der Waals surface area contributed by atoms with Gasteiger partial charge >= 0.3 is 0 Å². The summed E-state index contributed by atoms with van der Waals surface area (Å²) in [6, 6.07) is 8.94. The van der Waals surface area contributed by atoms with Crippen molar-refractivity contribution >= 4 is 46.3 Å². The van der Waals surface area contributed by atoms with E-state index in [1.54, 1.807) is 27.7 Å². The SMILES string of the molecule is O=CCC1CCN(C(=O)c2ccc(Cl)c(Cn3ccc4cc(C5CC5)cc(F)c43)c2Cl)CC1. The van der Waals surface area contributed by atoms with Gasteiger partial charge < -0.3 is 14.3 Å². The second-order valence-corrected chi connectivity index (χ2v) is 9.97. The molecule has 5 rings (SSSR count). The number of fused-ring (bicyclic) bond motifs is 1. The molecule has 2 fully saturated rings. The molecule has 0 radical (unpaired) electrons. The average Bonchev–Trinajstić information content (AvgIpc) is 3.58. The highest BCUT2D eigenvalue weighted by Crippen LogP contribution is 2.42. The van der Waals surface area contributed by atoms with Crippen molar-refractivity contribution in [2.75, 3.05) is 13.1 Å².